The van der Waals surface area contributed by atoms with Crippen molar-refractivity contribution in [1.29, 1.82) is 0 Å². The molecule has 4 nitrogen and oxygen atoms in total. The number of benzene rings is 1. The van der Waals surface area contributed by atoms with Crippen molar-refractivity contribution >= 4 is 6.09 Å². The molecule has 0 atom stereocenters. The zero-order chi connectivity index (χ0) is 14.5. The maximum atomic E-state index is 11.7. The van der Waals surface area contributed by atoms with Gasteiger partial charge in [-0.2, -0.15) is 0 Å². The fourth-order valence-corrected chi connectivity index (χ4v) is 1.44. The van der Waals surface area contributed by atoms with Crippen molar-refractivity contribution in [1.82, 2.24) is 4.90 Å². The van der Waals surface area contributed by atoms with Crippen LogP contribution in [-0.4, -0.2) is 36.8 Å². The summed E-state index contributed by atoms with van der Waals surface area (Å²) in [7, 11) is 1.70. The first-order valence-corrected chi connectivity index (χ1v) is 6.41. The molecule has 0 saturated heterocycles. The molecule has 0 fully saturated rings. The Bertz CT molecular complexity index is 424. The molecule has 1 rings (SSSR count). The second-order valence-electron chi connectivity index (χ2n) is 5.57. The van der Waals surface area contributed by atoms with Crippen LogP contribution in [0.4, 0.5) is 4.79 Å². The molecular formula is C15H23NO3. The van der Waals surface area contributed by atoms with E-state index in [4.69, 9.17) is 9.47 Å². The lowest BCUT2D eigenvalue weighted by Gasteiger charge is -2.24. The minimum atomic E-state index is -0.470. The molecule has 1 aromatic rings. The molecule has 0 N–H and O–H groups in total. The van der Waals surface area contributed by atoms with Gasteiger partial charge in [-0.25, -0.2) is 4.79 Å². The Morgan fingerprint density at radius 2 is 2.00 bits per heavy atom. The van der Waals surface area contributed by atoms with Gasteiger partial charge in [-0.15, -0.1) is 0 Å². The van der Waals surface area contributed by atoms with E-state index in [0.29, 0.717) is 13.2 Å². The summed E-state index contributed by atoms with van der Waals surface area (Å²) >= 11 is 0. The minimum Gasteiger partial charge on any atom is -0.492 e. The quantitative estimate of drug-likeness (QED) is 0.839. The highest BCUT2D eigenvalue weighted by molar-refractivity contribution is 5.67. The smallest absolute Gasteiger partial charge is 0.410 e. The van der Waals surface area contributed by atoms with Crippen molar-refractivity contribution in [3.8, 4) is 5.75 Å². The van der Waals surface area contributed by atoms with Crippen LogP contribution in [0.1, 0.15) is 26.3 Å². The Morgan fingerprint density at radius 3 is 2.58 bits per heavy atom. The Labute approximate surface area is 115 Å². The minimum absolute atomic E-state index is 0.333. The predicted molar refractivity (Wildman–Crippen MR) is 75.5 cm³/mol. The van der Waals surface area contributed by atoms with Crippen LogP contribution in [0.2, 0.25) is 0 Å². The van der Waals surface area contributed by atoms with Gasteiger partial charge in [0.2, 0.25) is 0 Å². The lowest BCUT2D eigenvalue weighted by molar-refractivity contribution is 0.0278. The fraction of sp³-hybridized carbons (Fsp3) is 0.533. The number of nitrogens with zero attached hydrogens (tertiary/aromatic N) is 1. The third-order valence-corrected chi connectivity index (χ3v) is 2.39. The molecule has 0 aliphatic carbocycles. The summed E-state index contributed by atoms with van der Waals surface area (Å²) in [4.78, 5) is 13.2. The molecular weight excluding hydrogens is 242 g/mol. The molecule has 0 heterocycles. The van der Waals surface area contributed by atoms with Crippen molar-refractivity contribution in [3.05, 3.63) is 29.8 Å². The number of likely N-dealkylation sites (N-methyl/N-ethyl adjacent to an activating group) is 1. The molecule has 0 unspecified atom stereocenters. The molecule has 19 heavy (non-hydrogen) atoms. The van der Waals surface area contributed by atoms with E-state index < -0.39 is 5.60 Å². The molecule has 0 aromatic heterocycles. The van der Waals surface area contributed by atoms with Gasteiger partial charge >= 0.3 is 6.09 Å². The van der Waals surface area contributed by atoms with Gasteiger partial charge in [-0.1, -0.05) is 12.1 Å². The zero-order valence-electron chi connectivity index (χ0n) is 12.4. The highest BCUT2D eigenvalue weighted by Gasteiger charge is 2.19. The van der Waals surface area contributed by atoms with Gasteiger partial charge in [-0.3, -0.25) is 0 Å². The first kappa shape index (κ1) is 15.3. The van der Waals surface area contributed by atoms with E-state index in [2.05, 4.69) is 0 Å². The number of amides is 1. The van der Waals surface area contributed by atoms with E-state index in [1.807, 2.05) is 52.0 Å². The monoisotopic (exact) mass is 265 g/mol. The molecule has 106 valence electrons. The van der Waals surface area contributed by atoms with Crippen molar-refractivity contribution in [2.45, 2.75) is 33.3 Å². The molecule has 4 heteroatoms. The van der Waals surface area contributed by atoms with E-state index in [9.17, 15) is 4.79 Å². The summed E-state index contributed by atoms with van der Waals surface area (Å²) < 4.78 is 10.8. The summed E-state index contributed by atoms with van der Waals surface area (Å²) in [6.07, 6.45) is -0.333. The third kappa shape index (κ3) is 6.13. The number of carbonyl (C=O) groups excluding carboxylic acids is 1. The summed E-state index contributed by atoms with van der Waals surface area (Å²) in [6.45, 7) is 8.49. The molecule has 0 saturated carbocycles. The number of carbonyl (C=O) groups is 1. The SMILES string of the molecule is Cc1cccc(OCCN(C)C(=O)OC(C)(C)C)c1. The Balaban J connectivity index is 2.34. The number of hydrogen-bond acceptors (Lipinski definition) is 3. The normalized spacial score (nSPS) is 11.0. The Morgan fingerprint density at radius 1 is 1.32 bits per heavy atom. The molecule has 0 bridgehead atoms. The van der Waals surface area contributed by atoms with Gasteiger partial charge in [0.1, 0.15) is 18.0 Å². The van der Waals surface area contributed by atoms with E-state index in [0.717, 1.165) is 11.3 Å². The van der Waals surface area contributed by atoms with Crippen molar-refractivity contribution < 1.29 is 14.3 Å². The van der Waals surface area contributed by atoms with Crippen molar-refractivity contribution in [3.63, 3.8) is 0 Å². The first-order valence-electron chi connectivity index (χ1n) is 6.41. The topological polar surface area (TPSA) is 38.8 Å². The van der Waals surface area contributed by atoms with Crippen LogP contribution in [0, 0.1) is 6.92 Å². The molecule has 0 aliphatic heterocycles. The van der Waals surface area contributed by atoms with Crippen LogP contribution in [0.15, 0.2) is 24.3 Å². The standard InChI is InChI=1S/C15H23NO3/c1-12-7-6-8-13(11-12)18-10-9-16(5)14(17)19-15(2,3)4/h6-8,11H,9-10H2,1-5H3. The van der Waals surface area contributed by atoms with Gasteiger partial charge in [-0.05, 0) is 45.4 Å². The number of hydrogen-bond donors (Lipinski definition) is 0. The van der Waals surface area contributed by atoms with Crippen LogP contribution >= 0.6 is 0 Å². The maximum absolute atomic E-state index is 11.7. The van der Waals surface area contributed by atoms with Crippen molar-refractivity contribution in [2.75, 3.05) is 20.2 Å². The van der Waals surface area contributed by atoms with Crippen LogP contribution in [0.5, 0.6) is 5.75 Å². The van der Waals surface area contributed by atoms with Gasteiger partial charge in [0.05, 0.1) is 6.54 Å². The molecule has 1 aromatic carbocycles. The Kier molecular flexibility index (Phi) is 5.21. The van der Waals surface area contributed by atoms with E-state index in [1.54, 1.807) is 7.05 Å². The maximum Gasteiger partial charge on any atom is 0.410 e. The highest BCUT2D eigenvalue weighted by atomic mass is 16.6. The molecule has 1 amide bonds. The largest absolute Gasteiger partial charge is 0.492 e. The number of ether oxygens (including phenoxy) is 2. The van der Waals surface area contributed by atoms with Crippen LogP contribution in [0.3, 0.4) is 0 Å². The Hall–Kier alpha value is -1.71. The van der Waals surface area contributed by atoms with Gasteiger partial charge < -0.3 is 14.4 Å². The van der Waals surface area contributed by atoms with E-state index in [-0.39, 0.29) is 6.09 Å². The summed E-state index contributed by atoms with van der Waals surface area (Å²) in [5, 5.41) is 0. The van der Waals surface area contributed by atoms with Gasteiger partial charge in [0.15, 0.2) is 0 Å². The average Bonchev–Trinajstić information content (AvgIpc) is 2.26. The summed E-state index contributed by atoms with van der Waals surface area (Å²) in [5.74, 6) is 0.817. The lowest BCUT2D eigenvalue weighted by Crippen LogP contribution is -2.36. The number of rotatable bonds is 4. The van der Waals surface area contributed by atoms with Crippen molar-refractivity contribution in [2.24, 2.45) is 0 Å². The molecule has 0 aliphatic rings. The van der Waals surface area contributed by atoms with Gasteiger partial charge in [0.25, 0.3) is 0 Å². The fourth-order valence-electron chi connectivity index (χ4n) is 1.44. The second-order valence-corrected chi connectivity index (χ2v) is 5.57. The van der Waals surface area contributed by atoms with E-state index in [1.165, 1.54) is 4.90 Å². The second kappa shape index (κ2) is 6.45. The highest BCUT2D eigenvalue weighted by Crippen LogP contribution is 2.12. The average molecular weight is 265 g/mol. The van der Waals surface area contributed by atoms with Crippen LogP contribution in [0.25, 0.3) is 0 Å². The van der Waals surface area contributed by atoms with Crippen LogP contribution < -0.4 is 4.74 Å². The zero-order valence-corrected chi connectivity index (χ0v) is 12.4. The predicted octanol–water partition coefficient (Wildman–Crippen LogP) is 3.24. The van der Waals surface area contributed by atoms with E-state index >= 15 is 0 Å². The third-order valence-electron chi connectivity index (χ3n) is 2.39. The summed E-state index contributed by atoms with van der Waals surface area (Å²) in [5.41, 5.74) is 0.681. The first-order chi connectivity index (χ1) is 8.78. The summed E-state index contributed by atoms with van der Waals surface area (Å²) in [6, 6.07) is 7.83. The number of aryl methyl sites for hydroxylation is 1. The molecule has 0 spiro atoms. The molecule has 0 radical (unpaired) electrons. The van der Waals surface area contributed by atoms with Crippen LogP contribution in [-0.2, 0) is 4.74 Å². The van der Waals surface area contributed by atoms with Gasteiger partial charge in [0, 0.05) is 7.05 Å². The lowest BCUT2D eigenvalue weighted by atomic mass is 10.2.